The van der Waals surface area contributed by atoms with Crippen LogP contribution >= 0.6 is 11.8 Å². The molecule has 8 heteroatoms. The van der Waals surface area contributed by atoms with E-state index in [1.54, 1.807) is 18.2 Å². The van der Waals surface area contributed by atoms with Crippen molar-refractivity contribution in [3.8, 4) is 0 Å². The molecule has 0 spiro atoms. The fourth-order valence-corrected chi connectivity index (χ4v) is 4.91. The topological polar surface area (TPSA) is 95.6 Å². The van der Waals surface area contributed by atoms with Crippen molar-refractivity contribution >= 4 is 34.4 Å². The Morgan fingerprint density at radius 3 is 2.71 bits per heavy atom. The van der Waals surface area contributed by atoms with Crippen molar-refractivity contribution in [2.75, 3.05) is 5.32 Å². The molecular weight excluding hydrogens is 374 g/mol. The highest BCUT2D eigenvalue weighted by atomic mass is 32.2. The molecule has 2 aromatic heterocycles. The molecule has 0 radical (unpaired) electrons. The van der Waals surface area contributed by atoms with Crippen LogP contribution in [0, 0.1) is 13.8 Å². The fourth-order valence-electron chi connectivity index (χ4n) is 3.84. The number of hydrogen-bond acceptors (Lipinski definition) is 4. The molecule has 1 fully saturated rings. The van der Waals surface area contributed by atoms with Gasteiger partial charge in [0, 0.05) is 17.4 Å². The number of aryl methyl sites for hydroxylation is 1. The Balaban J connectivity index is 1.49. The van der Waals surface area contributed by atoms with Crippen LogP contribution in [0.4, 0.5) is 5.69 Å². The Morgan fingerprint density at radius 2 is 1.96 bits per heavy atom. The highest BCUT2D eigenvalue weighted by molar-refractivity contribution is 8.00. The molecule has 3 aromatic rings. The summed E-state index contributed by atoms with van der Waals surface area (Å²) in [5.41, 5.74) is 4.02. The number of nitrogens with one attached hydrogen (secondary N) is 3. The number of fused-ring (bicyclic) bond motifs is 1. The molecule has 2 heterocycles. The van der Waals surface area contributed by atoms with Crippen molar-refractivity contribution in [1.82, 2.24) is 19.5 Å². The summed E-state index contributed by atoms with van der Waals surface area (Å²) in [5.74, 6) is -0.0847. The van der Waals surface area contributed by atoms with E-state index in [2.05, 4.69) is 26.8 Å². The van der Waals surface area contributed by atoms with Crippen LogP contribution in [-0.4, -0.2) is 30.7 Å². The summed E-state index contributed by atoms with van der Waals surface area (Å²) in [6.07, 6.45) is 4.87. The molecule has 1 aliphatic carbocycles. The van der Waals surface area contributed by atoms with Gasteiger partial charge in [-0.2, -0.15) is 0 Å². The average molecular weight is 400 g/mol. The van der Waals surface area contributed by atoms with E-state index < -0.39 is 0 Å². The van der Waals surface area contributed by atoms with Crippen molar-refractivity contribution < 1.29 is 4.79 Å². The third-order valence-corrected chi connectivity index (χ3v) is 6.55. The quantitative estimate of drug-likeness (QED) is 0.567. The average Bonchev–Trinajstić information content (AvgIpc) is 3.35. The molecule has 0 bridgehead atoms. The molecule has 3 N–H and O–H groups in total. The maximum atomic E-state index is 12.7. The van der Waals surface area contributed by atoms with Gasteiger partial charge in [-0.3, -0.25) is 4.79 Å². The number of imidazole rings is 2. The molecule has 1 amide bonds. The molecule has 7 nitrogen and oxygen atoms in total. The largest absolute Gasteiger partial charge is 0.325 e. The molecular formula is C20H25N5O2S. The van der Waals surface area contributed by atoms with Gasteiger partial charge < -0.3 is 19.9 Å². The molecule has 28 heavy (non-hydrogen) atoms. The first-order chi connectivity index (χ1) is 13.4. The van der Waals surface area contributed by atoms with Gasteiger partial charge in [-0.15, -0.1) is 0 Å². The number of carbonyl (C=O) groups excluding carboxylic acids is 1. The summed E-state index contributed by atoms with van der Waals surface area (Å²) < 4.78 is 2.33. The molecule has 4 rings (SSSR count). The molecule has 1 aliphatic rings. The first-order valence-corrected chi connectivity index (χ1v) is 10.6. The first-order valence-electron chi connectivity index (χ1n) is 9.67. The van der Waals surface area contributed by atoms with Crippen molar-refractivity contribution in [2.45, 2.75) is 62.9 Å². The second-order valence-electron chi connectivity index (χ2n) is 7.46. The third kappa shape index (κ3) is 3.61. The van der Waals surface area contributed by atoms with Gasteiger partial charge in [0.1, 0.15) is 0 Å². The van der Waals surface area contributed by atoms with Crippen LogP contribution in [0.15, 0.2) is 28.2 Å². The Kier molecular flexibility index (Phi) is 5.05. The van der Waals surface area contributed by atoms with Crippen molar-refractivity contribution in [3.05, 3.63) is 40.1 Å². The van der Waals surface area contributed by atoms with Crippen LogP contribution in [0.25, 0.3) is 11.0 Å². The molecule has 1 saturated carbocycles. The van der Waals surface area contributed by atoms with Crippen molar-refractivity contribution in [3.63, 3.8) is 0 Å². The summed E-state index contributed by atoms with van der Waals surface area (Å²) in [6, 6.07) is 5.82. The number of aromatic amines is 2. The third-order valence-electron chi connectivity index (χ3n) is 5.48. The molecule has 148 valence electrons. The molecule has 1 aromatic carbocycles. The zero-order valence-corrected chi connectivity index (χ0v) is 17.2. The van der Waals surface area contributed by atoms with E-state index in [4.69, 9.17) is 4.98 Å². The first kappa shape index (κ1) is 18.9. The van der Waals surface area contributed by atoms with Gasteiger partial charge in [0.05, 0.1) is 22.0 Å². The fraction of sp³-hybridized carbons (Fsp3) is 0.450. The summed E-state index contributed by atoms with van der Waals surface area (Å²) in [5, 5.41) is 3.58. The number of anilines is 1. The monoisotopic (exact) mass is 399 g/mol. The summed E-state index contributed by atoms with van der Waals surface area (Å²) >= 11 is 1.50. The lowest BCUT2D eigenvalue weighted by Gasteiger charge is -2.18. The van der Waals surface area contributed by atoms with E-state index in [0.717, 1.165) is 16.4 Å². The Morgan fingerprint density at radius 1 is 1.25 bits per heavy atom. The standard InChI is InChI=1S/C20H25N5O2S/c1-11-12(2)25(15-6-4-5-7-15)20(21-11)28-13(3)18(26)22-14-8-9-16-17(10-14)24-19(27)23-16/h8-10,13,15H,4-7H2,1-3H3,(H,22,26)(H2,23,24,27). The van der Waals surface area contributed by atoms with E-state index in [9.17, 15) is 9.59 Å². The van der Waals surface area contributed by atoms with Gasteiger partial charge in [-0.1, -0.05) is 24.6 Å². The number of amides is 1. The van der Waals surface area contributed by atoms with Crippen LogP contribution in [0.1, 0.15) is 50.0 Å². The number of thioether (sulfide) groups is 1. The Hall–Kier alpha value is -2.48. The van der Waals surface area contributed by atoms with Gasteiger partial charge in [-0.05, 0) is 51.8 Å². The lowest BCUT2D eigenvalue weighted by molar-refractivity contribution is -0.115. The van der Waals surface area contributed by atoms with Crippen LogP contribution in [0.5, 0.6) is 0 Å². The number of rotatable bonds is 5. The minimum absolute atomic E-state index is 0.0847. The van der Waals surface area contributed by atoms with Crippen LogP contribution < -0.4 is 11.0 Å². The lowest BCUT2D eigenvalue weighted by Crippen LogP contribution is -2.23. The summed E-state index contributed by atoms with van der Waals surface area (Å²) in [4.78, 5) is 34.3. The predicted octanol–water partition coefficient (Wildman–Crippen LogP) is 3.90. The second-order valence-corrected chi connectivity index (χ2v) is 8.77. The Labute approximate surface area is 167 Å². The number of hydrogen-bond donors (Lipinski definition) is 3. The minimum Gasteiger partial charge on any atom is -0.325 e. The van der Waals surface area contributed by atoms with Crippen LogP contribution in [0.2, 0.25) is 0 Å². The zero-order chi connectivity index (χ0) is 19.8. The van der Waals surface area contributed by atoms with Gasteiger partial charge in [0.25, 0.3) is 0 Å². The maximum absolute atomic E-state index is 12.7. The highest BCUT2D eigenvalue weighted by Gasteiger charge is 2.25. The highest BCUT2D eigenvalue weighted by Crippen LogP contribution is 2.36. The van der Waals surface area contributed by atoms with Gasteiger partial charge in [-0.25, -0.2) is 9.78 Å². The van der Waals surface area contributed by atoms with E-state index in [-0.39, 0.29) is 16.8 Å². The van der Waals surface area contributed by atoms with Crippen LogP contribution in [-0.2, 0) is 4.79 Å². The van der Waals surface area contributed by atoms with Gasteiger partial charge in [0.15, 0.2) is 5.16 Å². The molecule has 1 unspecified atom stereocenters. The number of nitrogens with zero attached hydrogens (tertiary/aromatic N) is 2. The number of H-pyrrole nitrogens is 2. The smallest absolute Gasteiger partial charge is 0.323 e. The minimum atomic E-state index is -0.290. The molecule has 1 atom stereocenters. The predicted molar refractivity (Wildman–Crippen MR) is 112 cm³/mol. The number of carbonyl (C=O) groups is 1. The van der Waals surface area contributed by atoms with E-state index in [1.165, 1.54) is 43.1 Å². The normalized spacial score (nSPS) is 16.0. The molecule has 0 aliphatic heterocycles. The van der Waals surface area contributed by atoms with E-state index in [1.807, 2.05) is 13.8 Å². The van der Waals surface area contributed by atoms with E-state index >= 15 is 0 Å². The van der Waals surface area contributed by atoms with Crippen molar-refractivity contribution in [1.29, 1.82) is 0 Å². The zero-order valence-electron chi connectivity index (χ0n) is 16.3. The summed E-state index contributed by atoms with van der Waals surface area (Å²) in [7, 11) is 0. The van der Waals surface area contributed by atoms with E-state index in [0.29, 0.717) is 17.2 Å². The van der Waals surface area contributed by atoms with Gasteiger partial charge in [0.2, 0.25) is 5.91 Å². The summed E-state index contributed by atoms with van der Waals surface area (Å²) in [6.45, 7) is 6.04. The molecule has 0 saturated heterocycles. The number of aromatic nitrogens is 4. The SMILES string of the molecule is Cc1nc(SC(C)C(=O)Nc2ccc3[nH]c(=O)[nH]c3c2)n(C2CCCC2)c1C. The lowest BCUT2D eigenvalue weighted by atomic mass is 10.2. The second kappa shape index (κ2) is 7.50. The maximum Gasteiger partial charge on any atom is 0.323 e. The van der Waals surface area contributed by atoms with Gasteiger partial charge >= 0.3 is 5.69 Å². The Bertz CT molecular complexity index is 1070. The van der Waals surface area contributed by atoms with Crippen LogP contribution in [0.3, 0.4) is 0 Å². The van der Waals surface area contributed by atoms with Crippen molar-refractivity contribution in [2.24, 2.45) is 0 Å². The number of benzene rings is 1.